The summed E-state index contributed by atoms with van der Waals surface area (Å²) in [5.74, 6) is -0.976. The van der Waals surface area contributed by atoms with Gasteiger partial charge in [0.15, 0.2) is 11.1 Å². The number of hydrogen-bond donors (Lipinski definition) is 1. The third-order valence-electron chi connectivity index (χ3n) is 1.90. The molecule has 0 amide bonds. The molecule has 0 aliphatic rings. The van der Waals surface area contributed by atoms with Gasteiger partial charge >= 0.3 is 12.1 Å². The summed E-state index contributed by atoms with van der Waals surface area (Å²) in [4.78, 5) is 10.5. The van der Waals surface area contributed by atoms with Gasteiger partial charge in [0, 0.05) is 0 Å². The summed E-state index contributed by atoms with van der Waals surface area (Å²) in [7, 11) is 1.02. The van der Waals surface area contributed by atoms with Crippen molar-refractivity contribution in [1.29, 1.82) is 0 Å². The second-order valence-corrected chi connectivity index (χ2v) is 3.89. The highest BCUT2D eigenvalue weighted by Crippen LogP contribution is 2.31. The van der Waals surface area contributed by atoms with Gasteiger partial charge in [0.05, 0.1) is 23.1 Å². The lowest BCUT2D eigenvalue weighted by atomic mass is 10.1. The molecule has 0 radical (unpaired) electrons. The van der Waals surface area contributed by atoms with Crippen LogP contribution in [-0.2, 0) is 22.0 Å². The molecule has 1 N–H and O–H groups in total. The summed E-state index contributed by atoms with van der Waals surface area (Å²) in [5.41, 5.74) is -1.48. The fourth-order valence-electron chi connectivity index (χ4n) is 1.12. The molecule has 1 atom stereocenters. The molecule has 0 aliphatic carbocycles. The van der Waals surface area contributed by atoms with E-state index in [4.69, 9.17) is 4.55 Å². The van der Waals surface area contributed by atoms with Crippen molar-refractivity contribution in [2.75, 3.05) is 7.11 Å². The second kappa shape index (κ2) is 4.84. The van der Waals surface area contributed by atoms with Crippen LogP contribution in [0.25, 0.3) is 0 Å². The first kappa shape index (κ1) is 13.7. The number of hydrogen-bond acceptors (Lipinski definition) is 3. The van der Waals surface area contributed by atoms with Gasteiger partial charge < -0.3 is 9.29 Å². The topological polar surface area (TPSA) is 63.6 Å². The van der Waals surface area contributed by atoms with Gasteiger partial charge in [-0.1, -0.05) is 0 Å². The Balaban J connectivity index is 3.37. The van der Waals surface area contributed by atoms with Gasteiger partial charge in [0.2, 0.25) is 0 Å². The van der Waals surface area contributed by atoms with Crippen molar-refractivity contribution in [3.8, 4) is 0 Å². The van der Waals surface area contributed by atoms with E-state index in [9.17, 15) is 22.2 Å². The summed E-state index contributed by atoms with van der Waals surface area (Å²) in [6, 6.07) is 1.89. The average molecular weight is 268 g/mol. The van der Waals surface area contributed by atoms with Crippen LogP contribution in [0.5, 0.6) is 0 Å². The van der Waals surface area contributed by atoms with Crippen molar-refractivity contribution in [2.24, 2.45) is 0 Å². The van der Waals surface area contributed by atoms with Crippen molar-refractivity contribution >= 4 is 17.0 Å². The van der Waals surface area contributed by atoms with Crippen molar-refractivity contribution < 1.29 is 31.5 Å². The monoisotopic (exact) mass is 268 g/mol. The first-order valence-electron chi connectivity index (χ1n) is 4.17. The Hall–Kier alpha value is -1.41. The number of alkyl halides is 3. The van der Waals surface area contributed by atoms with Gasteiger partial charge in [-0.3, -0.25) is 0 Å². The van der Waals surface area contributed by atoms with Crippen LogP contribution in [0, 0.1) is 0 Å². The smallest absolute Gasteiger partial charge is 0.416 e. The summed E-state index contributed by atoms with van der Waals surface area (Å²) >= 11 is -2.71. The van der Waals surface area contributed by atoms with E-state index < -0.39 is 33.7 Å². The zero-order valence-corrected chi connectivity index (χ0v) is 9.26. The summed E-state index contributed by atoms with van der Waals surface area (Å²) < 4.78 is 61.0. The molecule has 1 aromatic carbocycles. The summed E-state index contributed by atoms with van der Waals surface area (Å²) in [6.07, 6.45) is -4.65. The van der Waals surface area contributed by atoms with Crippen LogP contribution in [-0.4, -0.2) is 21.8 Å². The molecule has 94 valence electrons. The predicted molar refractivity (Wildman–Crippen MR) is 51.8 cm³/mol. The lowest BCUT2D eigenvalue weighted by Gasteiger charge is -2.10. The SMILES string of the molecule is COC(=O)c1ccc(C(F)(F)F)cc1S(=O)O. The molecule has 0 fully saturated rings. The largest absolute Gasteiger partial charge is 0.465 e. The van der Waals surface area contributed by atoms with Crippen LogP contribution < -0.4 is 0 Å². The predicted octanol–water partition coefficient (Wildman–Crippen LogP) is 2.07. The summed E-state index contributed by atoms with van der Waals surface area (Å²) in [5, 5.41) is 0. The maximum absolute atomic E-state index is 12.3. The van der Waals surface area contributed by atoms with Crippen molar-refractivity contribution in [3.05, 3.63) is 29.3 Å². The highest BCUT2D eigenvalue weighted by molar-refractivity contribution is 7.79. The highest BCUT2D eigenvalue weighted by Gasteiger charge is 2.32. The van der Waals surface area contributed by atoms with E-state index in [1.807, 2.05) is 0 Å². The number of halogens is 3. The maximum atomic E-state index is 12.3. The van der Waals surface area contributed by atoms with Crippen molar-refractivity contribution in [3.63, 3.8) is 0 Å². The minimum atomic E-state index is -4.65. The first-order chi connectivity index (χ1) is 7.77. The number of benzene rings is 1. The fraction of sp³-hybridized carbons (Fsp3) is 0.222. The summed E-state index contributed by atoms with van der Waals surface area (Å²) in [6.45, 7) is 0. The molecule has 0 saturated heterocycles. The molecule has 1 rings (SSSR count). The van der Waals surface area contributed by atoms with Gasteiger partial charge in [0.1, 0.15) is 0 Å². The van der Waals surface area contributed by atoms with E-state index in [2.05, 4.69) is 4.74 Å². The Kier molecular flexibility index (Phi) is 3.89. The van der Waals surface area contributed by atoms with Crippen LogP contribution in [0.1, 0.15) is 15.9 Å². The lowest BCUT2D eigenvalue weighted by Crippen LogP contribution is -2.11. The molecule has 8 heteroatoms. The minimum absolute atomic E-state index is 0.374. The molecule has 4 nitrogen and oxygen atoms in total. The molecular weight excluding hydrogens is 261 g/mol. The number of carbonyl (C=O) groups is 1. The van der Waals surface area contributed by atoms with Crippen LogP contribution in [0.2, 0.25) is 0 Å². The molecule has 0 spiro atoms. The van der Waals surface area contributed by atoms with Gasteiger partial charge in [-0.2, -0.15) is 13.2 Å². The molecule has 0 heterocycles. The molecule has 17 heavy (non-hydrogen) atoms. The van der Waals surface area contributed by atoms with E-state index in [0.29, 0.717) is 12.1 Å². The Morgan fingerprint density at radius 2 is 2.00 bits per heavy atom. The van der Waals surface area contributed by atoms with Crippen LogP contribution in [0.15, 0.2) is 23.1 Å². The number of carbonyl (C=O) groups excluding carboxylic acids is 1. The molecule has 0 aliphatic heterocycles. The van der Waals surface area contributed by atoms with E-state index in [0.717, 1.165) is 13.2 Å². The van der Waals surface area contributed by atoms with E-state index in [-0.39, 0.29) is 5.56 Å². The fourth-order valence-corrected chi connectivity index (χ4v) is 1.69. The molecule has 0 saturated carbocycles. The molecule has 1 unspecified atom stereocenters. The third-order valence-corrected chi connectivity index (χ3v) is 2.62. The Bertz CT molecular complexity index is 470. The minimum Gasteiger partial charge on any atom is -0.465 e. The number of methoxy groups -OCH3 is 1. The van der Waals surface area contributed by atoms with Crippen molar-refractivity contribution in [1.82, 2.24) is 0 Å². The van der Waals surface area contributed by atoms with Crippen molar-refractivity contribution in [2.45, 2.75) is 11.1 Å². The van der Waals surface area contributed by atoms with E-state index in [1.54, 1.807) is 0 Å². The van der Waals surface area contributed by atoms with E-state index >= 15 is 0 Å². The third kappa shape index (κ3) is 3.04. The number of esters is 1. The standard InChI is InChI=1S/C9H7F3O4S/c1-16-8(13)6-3-2-5(9(10,11)12)4-7(6)17(14)15/h2-4H,1H3,(H,14,15). The zero-order chi connectivity index (χ0) is 13.2. The first-order valence-corrected chi connectivity index (χ1v) is 5.28. The lowest BCUT2D eigenvalue weighted by molar-refractivity contribution is -0.137. The zero-order valence-electron chi connectivity index (χ0n) is 8.45. The Morgan fingerprint density at radius 3 is 2.41 bits per heavy atom. The average Bonchev–Trinajstić information content (AvgIpc) is 2.25. The van der Waals surface area contributed by atoms with Gasteiger partial charge in [-0.15, -0.1) is 0 Å². The molecule has 0 bridgehead atoms. The molecule has 0 aromatic heterocycles. The number of ether oxygens (including phenoxy) is 1. The van der Waals surface area contributed by atoms with E-state index in [1.165, 1.54) is 0 Å². The Morgan fingerprint density at radius 1 is 1.41 bits per heavy atom. The molecular formula is C9H7F3O4S. The van der Waals surface area contributed by atoms with Crippen LogP contribution in [0.4, 0.5) is 13.2 Å². The maximum Gasteiger partial charge on any atom is 0.416 e. The second-order valence-electron chi connectivity index (χ2n) is 2.95. The quantitative estimate of drug-likeness (QED) is 0.658. The number of rotatable bonds is 2. The normalized spacial score (nSPS) is 13.2. The van der Waals surface area contributed by atoms with Gasteiger partial charge in [-0.25, -0.2) is 9.00 Å². The van der Waals surface area contributed by atoms with Crippen LogP contribution in [0.3, 0.4) is 0 Å². The van der Waals surface area contributed by atoms with Gasteiger partial charge in [0.25, 0.3) is 0 Å². The van der Waals surface area contributed by atoms with Gasteiger partial charge in [-0.05, 0) is 18.2 Å². The highest BCUT2D eigenvalue weighted by atomic mass is 32.2. The van der Waals surface area contributed by atoms with Crippen LogP contribution >= 0.6 is 0 Å². The molecule has 1 aromatic rings. The Labute approximate surface area is 96.7 Å².